The number of carbonyl (C=O) groups is 1. The number of anilines is 1. The molecule has 0 aliphatic rings. The van der Waals surface area contributed by atoms with E-state index in [0.717, 1.165) is 10.1 Å². The van der Waals surface area contributed by atoms with E-state index in [1.807, 2.05) is 0 Å². The highest BCUT2D eigenvalue weighted by Gasteiger charge is 2.16. The summed E-state index contributed by atoms with van der Waals surface area (Å²) in [4.78, 5) is 42.5. The average molecular weight is 427 g/mol. The highest BCUT2D eigenvalue weighted by molar-refractivity contribution is 7.13. The molecule has 0 bridgehead atoms. The van der Waals surface area contributed by atoms with Gasteiger partial charge < -0.3 is 5.32 Å². The van der Waals surface area contributed by atoms with Crippen LogP contribution in [0.5, 0.6) is 0 Å². The summed E-state index contributed by atoms with van der Waals surface area (Å²) in [6.45, 7) is -0.159. The summed E-state index contributed by atoms with van der Waals surface area (Å²) < 4.78 is 2.43. The van der Waals surface area contributed by atoms with Crippen LogP contribution in [0, 0.1) is 0 Å². The number of carbonyl (C=O) groups excluding carboxylic acids is 1. The Bertz CT molecular complexity index is 1290. The number of amides is 1. The van der Waals surface area contributed by atoms with Crippen molar-refractivity contribution in [2.45, 2.75) is 13.1 Å². The van der Waals surface area contributed by atoms with Crippen molar-refractivity contribution < 1.29 is 4.79 Å². The minimum absolute atomic E-state index is 0.0772. The van der Waals surface area contributed by atoms with Gasteiger partial charge in [0.05, 0.1) is 17.4 Å². The van der Waals surface area contributed by atoms with Gasteiger partial charge in [0.1, 0.15) is 6.54 Å². The molecule has 4 rings (SSSR count). The minimum atomic E-state index is -0.557. The van der Waals surface area contributed by atoms with Crippen LogP contribution >= 0.6 is 22.9 Å². The number of fused-ring (bicyclic) bond motifs is 1. The molecular formula is C20H15ClN4O3S. The molecule has 0 saturated heterocycles. The van der Waals surface area contributed by atoms with Crippen LogP contribution in [0.3, 0.4) is 0 Å². The first kappa shape index (κ1) is 19.1. The highest BCUT2D eigenvalue weighted by atomic mass is 35.5. The van der Waals surface area contributed by atoms with Gasteiger partial charge in [-0.2, -0.15) is 0 Å². The van der Waals surface area contributed by atoms with Crippen LogP contribution < -0.4 is 16.6 Å². The van der Waals surface area contributed by atoms with Gasteiger partial charge in [0, 0.05) is 16.6 Å². The molecule has 0 spiro atoms. The summed E-state index contributed by atoms with van der Waals surface area (Å²) in [7, 11) is 0. The predicted molar refractivity (Wildman–Crippen MR) is 114 cm³/mol. The quantitative estimate of drug-likeness (QED) is 0.531. The van der Waals surface area contributed by atoms with E-state index >= 15 is 0 Å². The fraction of sp³-hybridized carbons (Fsp3) is 0.100. The van der Waals surface area contributed by atoms with Crippen LogP contribution in [-0.2, 0) is 17.9 Å². The highest BCUT2D eigenvalue weighted by Crippen LogP contribution is 2.13. The zero-order valence-electron chi connectivity index (χ0n) is 15.0. The second-order valence-corrected chi connectivity index (χ2v) is 7.62. The van der Waals surface area contributed by atoms with E-state index in [4.69, 9.17) is 11.6 Å². The normalized spacial score (nSPS) is 10.9. The molecule has 2 heterocycles. The number of hydrogen-bond acceptors (Lipinski definition) is 5. The molecule has 7 nitrogen and oxygen atoms in total. The lowest BCUT2D eigenvalue weighted by atomic mass is 10.2. The summed E-state index contributed by atoms with van der Waals surface area (Å²) in [6.07, 6.45) is 1.58. The van der Waals surface area contributed by atoms with Crippen LogP contribution in [0.4, 0.5) is 5.13 Å². The fourth-order valence-corrected chi connectivity index (χ4v) is 3.69. The Labute approximate surface area is 173 Å². The maximum absolute atomic E-state index is 13.1. The zero-order chi connectivity index (χ0) is 20.4. The Morgan fingerprint density at radius 1 is 1.07 bits per heavy atom. The van der Waals surface area contributed by atoms with Gasteiger partial charge in [0.2, 0.25) is 5.91 Å². The third kappa shape index (κ3) is 3.98. The number of rotatable bonds is 5. The number of nitrogens with one attached hydrogen (secondary N) is 1. The molecule has 0 fully saturated rings. The molecule has 29 heavy (non-hydrogen) atoms. The zero-order valence-corrected chi connectivity index (χ0v) is 16.6. The standard InChI is InChI=1S/C20H15ClN4O3S/c21-14-7-5-13(6-8-14)11-25-18(27)15-3-1-2-4-16(15)24(20(25)28)12-17(26)23-19-22-9-10-29-19/h1-10H,11-12H2,(H,22,23,26). The number of para-hydroxylation sites is 1. The smallest absolute Gasteiger partial charge is 0.300 e. The first-order valence-corrected chi connectivity index (χ1v) is 9.95. The van der Waals surface area contributed by atoms with Gasteiger partial charge in [-0.05, 0) is 29.8 Å². The number of nitrogens with zero attached hydrogens (tertiary/aromatic N) is 3. The van der Waals surface area contributed by atoms with E-state index in [9.17, 15) is 14.4 Å². The number of halogens is 1. The molecule has 0 aliphatic carbocycles. The topological polar surface area (TPSA) is 86.0 Å². The molecule has 146 valence electrons. The van der Waals surface area contributed by atoms with E-state index in [1.54, 1.807) is 60.1 Å². The molecule has 0 radical (unpaired) electrons. The van der Waals surface area contributed by atoms with Crippen molar-refractivity contribution in [3.8, 4) is 0 Å². The lowest BCUT2D eigenvalue weighted by molar-refractivity contribution is -0.116. The summed E-state index contributed by atoms with van der Waals surface area (Å²) >= 11 is 7.19. The van der Waals surface area contributed by atoms with Crippen LogP contribution in [0.2, 0.25) is 5.02 Å². The molecule has 0 saturated carbocycles. The van der Waals surface area contributed by atoms with E-state index in [2.05, 4.69) is 10.3 Å². The molecule has 1 amide bonds. The first-order chi connectivity index (χ1) is 14.0. The van der Waals surface area contributed by atoms with Crippen molar-refractivity contribution in [3.05, 3.63) is 91.5 Å². The maximum Gasteiger partial charge on any atom is 0.332 e. The Morgan fingerprint density at radius 2 is 1.83 bits per heavy atom. The van der Waals surface area contributed by atoms with Crippen molar-refractivity contribution in [1.82, 2.24) is 14.1 Å². The Hall–Kier alpha value is -3.23. The van der Waals surface area contributed by atoms with Crippen molar-refractivity contribution in [2.24, 2.45) is 0 Å². The molecule has 0 atom stereocenters. The summed E-state index contributed by atoms with van der Waals surface area (Å²) in [5.74, 6) is -0.399. The maximum atomic E-state index is 13.1. The SMILES string of the molecule is O=C(Cn1c(=O)n(Cc2ccc(Cl)cc2)c(=O)c2ccccc21)Nc1nccs1. The second-order valence-electron chi connectivity index (χ2n) is 6.29. The minimum Gasteiger partial charge on any atom is -0.300 e. The average Bonchev–Trinajstić information content (AvgIpc) is 3.23. The lowest BCUT2D eigenvalue weighted by Crippen LogP contribution is -2.42. The van der Waals surface area contributed by atoms with Crippen molar-refractivity contribution in [1.29, 1.82) is 0 Å². The van der Waals surface area contributed by atoms with Crippen LogP contribution in [0.1, 0.15) is 5.56 Å². The molecule has 2 aromatic heterocycles. The second kappa shape index (κ2) is 8.02. The van der Waals surface area contributed by atoms with Gasteiger partial charge in [-0.15, -0.1) is 11.3 Å². The number of hydrogen-bond donors (Lipinski definition) is 1. The first-order valence-electron chi connectivity index (χ1n) is 8.69. The van der Waals surface area contributed by atoms with Gasteiger partial charge >= 0.3 is 5.69 Å². The van der Waals surface area contributed by atoms with E-state index < -0.39 is 17.2 Å². The van der Waals surface area contributed by atoms with Crippen molar-refractivity contribution >= 4 is 44.9 Å². The van der Waals surface area contributed by atoms with Gasteiger partial charge in [0.25, 0.3) is 5.56 Å². The van der Waals surface area contributed by atoms with Crippen LogP contribution in [-0.4, -0.2) is 20.0 Å². The van der Waals surface area contributed by atoms with E-state index in [-0.39, 0.29) is 13.1 Å². The summed E-state index contributed by atoms with van der Waals surface area (Å²) in [6, 6.07) is 13.6. The van der Waals surface area contributed by atoms with Crippen molar-refractivity contribution in [3.63, 3.8) is 0 Å². The third-order valence-electron chi connectivity index (χ3n) is 4.37. The van der Waals surface area contributed by atoms with Crippen LogP contribution in [0.25, 0.3) is 10.9 Å². The molecule has 0 aliphatic heterocycles. The molecular weight excluding hydrogens is 412 g/mol. The van der Waals surface area contributed by atoms with E-state index in [0.29, 0.717) is 21.1 Å². The monoisotopic (exact) mass is 426 g/mol. The fourth-order valence-electron chi connectivity index (χ4n) is 3.02. The van der Waals surface area contributed by atoms with Crippen LogP contribution in [0.15, 0.2) is 69.7 Å². The molecule has 0 unspecified atom stereocenters. The third-order valence-corrected chi connectivity index (χ3v) is 5.31. The van der Waals surface area contributed by atoms with Gasteiger partial charge in [0.15, 0.2) is 5.13 Å². The summed E-state index contributed by atoms with van der Waals surface area (Å²) in [5, 5.41) is 5.77. The Kier molecular flexibility index (Phi) is 5.28. The van der Waals surface area contributed by atoms with Gasteiger partial charge in [-0.1, -0.05) is 35.9 Å². The molecule has 2 aromatic carbocycles. The number of thiazole rings is 1. The molecule has 1 N–H and O–H groups in total. The predicted octanol–water partition coefficient (Wildman–Crippen LogP) is 2.96. The largest absolute Gasteiger partial charge is 0.332 e. The lowest BCUT2D eigenvalue weighted by Gasteiger charge is -2.14. The Balaban J connectivity index is 1.78. The van der Waals surface area contributed by atoms with E-state index in [1.165, 1.54) is 15.9 Å². The van der Waals surface area contributed by atoms with Crippen molar-refractivity contribution in [2.75, 3.05) is 5.32 Å². The molecule has 9 heteroatoms. The van der Waals surface area contributed by atoms with Gasteiger partial charge in [-0.25, -0.2) is 9.78 Å². The number of aromatic nitrogens is 3. The van der Waals surface area contributed by atoms with Gasteiger partial charge in [-0.3, -0.25) is 18.7 Å². The number of benzene rings is 2. The molecule has 4 aromatic rings. The summed E-state index contributed by atoms with van der Waals surface area (Å²) in [5.41, 5.74) is 0.196. The Morgan fingerprint density at radius 3 is 2.55 bits per heavy atom.